The highest BCUT2D eigenvalue weighted by Gasteiger charge is 2.36. The molecule has 0 saturated heterocycles. The van der Waals surface area contributed by atoms with Crippen LogP contribution in [0.1, 0.15) is 17.9 Å². The van der Waals surface area contributed by atoms with Gasteiger partial charge in [-0.1, -0.05) is 30.3 Å². The number of carbonyl (C=O) groups is 1. The SMILES string of the molecule is COC1OC=C2C(CC#N)=CC(=O)C=C2C1c1ccccc1. The molecule has 2 unspecified atom stereocenters. The maximum Gasteiger partial charge on any atom is 0.209 e. The van der Waals surface area contributed by atoms with E-state index < -0.39 is 6.29 Å². The molecule has 22 heavy (non-hydrogen) atoms. The summed E-state index contributed by atoms with van der Waals surface area (Å²) in [6.45, 7) is 0. The summed E-state index contributed by atoms with van der Waals surface area (Å²) in [6.07, 6.45) is 4.38. The Hall–Kier alpha value is -2.64. The van der Waals surface area contributed by atoms with Gasteiger partial charge in [0.15, 0.2) is 5.78 Å². The number of allylic oxidation sites excluding steroid dienone is 4. The first-order valence-electron chi connectivity index (χ1n) is 7.01. The number of hydrogen-bond acceptors (Lipinski definition) is 4. The van der Waals surface area contributed by atoms with Crippen LogP contribution < -0.4 is 0 Å². The van der Waals surface area contributed by atoms with E-state index in [9.17, 15) is 4.79 Å². The third-order valence-corrected chi connectivity index (χ3v) is 3.86. The van der Waals surface area contributed by atoms with Gasteiger partial charge in [-0.25, -0.2) is 0 Å². The van der Waals surface area contributed by atoms with Gasteiger partial charge in [0.2, 0.25) is 6.29 Å². The first kappa shape index (κ1) is 14.3. The lowest BCUT2D eigenvalue weighted by molar-refractivity contribution is -0.111. The summed E-state index contributed by atoms with van der Waals surface area (Å²) in [7, 11) is 1.58. The van der Waals surface area contributed by atoms with Crippen molar-refractivity contribution in [3.8, 4) is 6.07 Å². The largest absolute Gasteiger partial charge is 0.471 e. The fourth-order valence-corrected chi connectivity index (χ4v) is 2.89. The minimum atomic E-state index is -0.494. The Bertz CT molecular complexity index is 722. The van der Waals surface area contributed by atoms with Crippen molar-refractivity contribution in [2.45, 2.75) is 18.6 Å². The van der Waals surface area contributed by atoms with E-state index in [0.717, 1.165) is 16.7 Å². The van der Waals surface area contributed by atoms with Crippen LogP contribution in [0.15, 0.2) is 65.5 Å². The molecule has 0 amide bonds. The standard InChI is InChI=1S/C18H15NO3/c1-21-18-17(12-5-3-2-4-6-12)15-10-14(20)9-13(7-8-19)16(15)11-22-18/h2-6,9-11,17-18H,7H2,1H3. The van der Waals surface area contributed by atoms with Gasteiger partial charge >= 0.3 is 0 Å². The maximum atomic E-state index is 12.0. The molecule has 1 aromatic carbocycles. The summed E-state index contributed by atoms with van der Waals surface area (Å²) >= 11 is 0. The van der Waals surface area contributed by atoms with E-state index in [1.54, 1.807) is 19.4 Å². The zero-order valence-corrected chi connectivity index (χ0v) is 12.2. The molecule has 0 bridgehead atoms. The van der Waals surface area contributed by atoms with Crippen molar-refractivity contribution in [2.24, 2.45) is 0 Å². The predicted octanol–water partition coefficient (Wildman–Crippen LogP) is 3.01. The maximum absolute atomic E-state index is 12.0. The number of methoxy groups -OCH3 is 1. The van der Waals surface area contributed by atoms with E-state index in [2.05, 4.69) is 6.07 Å². The lowest BCUT2D eigenvalue weighted by Crippen LogP contribution is -2.30. The van der Waals surface area contributed by atoms with Crippen LogP contribution >= 0.6 is 0 Å². The molecule has 1 aliphatic heterocycles. The van der Waals surface area contributed by atoms with Gasteiger partial charge in [0.25, 0.3) is 0 Å². The summed E-state index contributed by atoms with van der Waals surface area (Å²) in [6, 6.07) is 11.9. The molecule has 1 aromatic rings. The van der Waals surface area contributed by atoms with Crippen LogP contribution in [0.4, 0.5) is 0 Å². The van der Waals surface area contributed by atoms with E-state index in [4.69, 9.17) is 14.7 Å². The minimum absolute atomic E-state index is 0.102. The molecule has 2 atom stereocenters. The third-order valence-electron chi connectivity index (χ3n) is 3.86. The minimum Gasteiger partial charge on any atom is -0.471 e. The molecule has 2 aliphatic rings. The molecule has 0 spiro atoms. The number of carbonyl (C=O) groups excluding carboxylic acids is 1. The summed E-state index contributed by atoms with van der Waals surface area (Å²) in [4.78, 5) is 12.0. The number of benzene rings is 1. The molecular formula is C18H15NO3. The Kier molecular flexibility index (Phi) is 3.90. The van der Waals surface area contributed by atoms with E-state index in [0.29, 0.717) is 5.57 Å². The number of nitriles is 1. The van der Waals surface area contributed by atoms with Gasteiger partial charge in [-0.3, -0.25) is 4.79 Å². The van der Waals surface area contributed by atoms with Gasteiger partial charge in [0.1, 0.15) is 0 Å². The van der Waals surface area contributed by atoms with Gasteiger partial charge in [-0.2, -0.15) is 5.26 Å². The van der Waals surface area contributed by atoms with Crippen LogP contribution in [0.3, 0.4) is 0 Å². The molecule has 1 aliphatic carbocycles. The average Bonchev–Trinajstić information content (AvgIpc) is 2.54. The summed E-state index contributed by atoms with van der Waals surface area (Å²) in [5.74, 6) is -0.298. The molecule has 0 saturated carbocycles. The number of ketones is 1. The monoisotopic (exact) mass is 293 g/mol. The lowest BCUT2D eigenvalue weighted by Gasteiger charge is -2.34. The summed E-state index contributed by atoms with van der Waals surface area (Å²) in [5.41, 5.74) is 3.36. The highest BCUT2D eigenvalue weighted by Crippen LogP contribution is 2.42. The fourth-order valence-electron chi connectivity index (χ4n) is 2.89. The number of rotatable bonds is 3. The molecule has 3 rings (SSSR count). The number of fused-ring (bicyclic) bond motifs is 1. The van der Waals surface area contributed by atoms with Crippen molar-refractivity contribution in [3.05, 3.63) is 71.0 Å². The average molecular weight is 293 g/mol. The smallest absolute Gasteiger partial charge is 0.209 e. The lowest BCUT2D eigenvalue weighted by atomic mass is 9.78. The number of nitrogens with zero attached hydrogens (tertiary/aromatic N) is 1. The quantitative estimate of drug-likeness (QED) is 0.859. The Balaban J connectivity index is 2.09. The number of hydrogen-bond donors (Lipinski definition) is 0. The topological polar surface area (TPSA) is 59.3 Å². The molecule has 0 aromatic heterocycles. The first-order chi connectivity index (χ1) is 10.7. The van der Waals surface area contributed by atoms with Gasteiger partial charge in [0, 0.05) is 12.7 Å². The van der Waals surface area contributed by atoms with Gasteiger partial charge in [-0.15, -0.1) is 0 Å². The Morgan fingerprint density at radius 2 is 2.05 bits per heavy atom. The fraction of sp³-hybridized carbons (Fsp3) is 0.222. The highest BCUT2D eigenvalue weighted by molar-refractivity contribution is 6.03. The van der Waals surface area contributed by atoms with E-state index >= 15 is 0 Å². The Labute approximate surface area is 129 Å². The van der Waals surface area contributed by atoms with Gasteiger partial charge in [-0.05, 0) is 28.9 Å². The van der Waals surface area contributed by atoms with Crippen LogP contribution in [0.25, 0.3) is 0 Å². The molecule has 4 heteroatoms. The van der Waals surface area contributed by atoms with Crippen molar-refractivity contribution < 1.29 is 14.3 Å². The summed E-state index contributed by atoms with van der Waals surface area (Å²) in [5, 5.41) is 8.96. The highest BCUT2D eigenvalue weighted by atomic mass is 16.7. The van der Waals surface area contributed by atoms with Crippen LogP contribution in [0, 0.1) is 11.3 Å². The predicted molar refractivity (Wildman–Crippen MR) is 80.6 cm³/mol. The Morgan fingerprint density at radius 3 is 2.73 bits per heavy atom. The van der Waals surface area contributed by atoms with Crippen LogP contribution in [0.2, 0.25) is 0 Å². The van der Waals surface area contributed by atoms with Crippen LogP contribution in [-0.2, 0) is 14.3 Å². The van der Waals surface area contributed by atoms with Crippen LogP contribution in [-0.4, -0.2) is 19.2 Å². The normalized spacial score (nSPS) is 23.5. The van der Waals surface area contributed by atoms with Crippen molar-refractivity contribution in [1.82, 2.24) is 0 Å². The molecule has 4 nitrogen and oxygen atoms in total. The summed E-state index contributed by atoms with van der Waals surface area (Å²) < 4.78 is 11.1. The molecule has 0 N–H and O–H groups in total. The van der Waals surface area contributed by atoms with E-state index in [1.165, 1.54) is 6.08 Å². The van der Waals surface area contributed by atoms with Gasteiger partial charge in [0.05, 0.1) is 24.7 Å². The van der Waals surface area contributed by atoms with Crippen molar-refractivity contribution >= 4 is 5.78 Å². The first-order valence-corrected chi connectivity index (χ1v) is 7.01. The van der Waals surface area contributed by atoms with Gasteiger partial charge < -0.3 is 9.47 Å². The number of ether oxygens (including phenoxy) is 2. The second kappa shape index (κ2) is 6.00. The Morgan fingerprint density at radius 1 is 1.27 bits per heavy atom. The second-order valence-electron chi connectivity index (χ2n) is 5.17. The molecular weight excluding hydrogens is 278 g/mol. The zero-order chi connectivity index (χ0) is 15.5. The van der Waals surface area contributed by atoms with E-state index in [1.807, 2.05) is 30.3 Å². The van der Waals surface area contributed by atoms with Crippen molar-refractivity contribution in [2.75, 3.05) is 7.11 Å². The zero-order valence-electron chi connectivity index (χ0n) is 12.2. The van der Waals surface area contributed by atoms with Crippen LogP contribution in [0.5, 0.6) is 0 Å². The van der Waals surface area contributed by atoms with Crippen molar-refractivity contribution in [1.29, 1.82) is 5.26 Å². The molecule has 110 valence electrons. The molecule has 1 heterocycles. The molecule has 0 radical (unpaired) electrons. The molecule has 0 fully saturated rings. The second-order valence-corrected chi connectivity index (χ2v) is 5.17. The third kappa shape index (κ3) is 2.47. The van der Waals surface area contributed by atoms with E-state index in [-0.39, 0.29) is 18.1 Å². The van der Waals surface area contributed by atoms with Crippen molar-refractivity contribution in [3.63, 3.8) is 0 Å².